The Balaban J connectivity index is 0.00000144. The van der Waals surface area contributed by atoms with Gasteiger partial charge in [0.25, 0.3) is 0 Å². The van der Waals surface area contributed by atoms with Crippen LogP contribution in [-0.2, 0) is 0 Å². The predicted octanol–water partition coefficient (Wildman–Crippen LogP) is -1.80. The van der Waals surface area contributed by atoms with Gasteiger partial charge in [0.1, 0.15) is 0 Å². The van der Waals surface area contributed by atoms with Gasteiger partial charge in [-0.3, -0.25) is 0 Å². The predicted molar refractivity (Wildman–Crippen MR) is 69.9 cm³/mol. The van der Waals surface area contributed by atoms with Crippen LogP contribution >= 0.6 is 0 Å². The second-order valence-electron chi connectivity index (χ2n) is 5.70. The Morgan fingerprint density at radius 3 is 2.35 bits per heavy atom. The minimum absolute atomic E-state index is 0. The Morgan fingerprint density at radius 1 is 1.18 bits per heavy atom. The van der Waals surface area contributed by atoms with E-state index in [1.165, 1.54) is 50.3 Å². The van der Waals surface area contributed by atoms with E-state index < -0.39 is 8.07 Å². The molecule has 2 nitrogen and oxygen atoms in total. The summed E-state index contributed by atoms with van der Waals surface area (Å²) in [6, 6.07) is 4.20. The molecule has 0 bridgehead atoms. The molecule has 0 atom stereocenters. The van der Waals surface area contributed by atoms with Crippen molar-refractivity contribution in [1.82, 2.24) is 0 Å². The normalized spacial score (nSPS) is 18.5. The highest BCUT2D eigenvalue weighted by Gasteiger charge is 2.32. The van der Waals surface area contributed by atoms with Gasteiger partial charge in [-0.15, -0.1) is 0 Å². The Hall–Kier alpha value is -0.253. The molecule has 2 rings (SSSR count). The number of quaternary nitrogens is 1. The number of hydrogen-bond donors (Lipinski definition) is 1. The summed E-state index contributed by atoms with van der Waals surface area (Å²) in [5.41, 5.74) is 0. The zero-order valence-corrected chi connectivity index (χ0v) is 12.7. The first-order chi connectivity index (χ1) is 7.68. The van der Waals surface area contributed by atoms with Crippen molar-refractivity contribution in [3.8, 4) is 0 Å². The topological polar surface area (TPSA) is 17.6 Å². The molecule has 1 aliphatic rings. The molecule has 0 unspecified atom stereocenters. The van der Waals surface area contributed by atoms with E-state index in [2.05, 4.69) is 19.2 Å². The molecule has 17 heavy (non-hydrogen) atoms. The lowest BCUT2D eigenvalue weighted by Gasteiger charge is -2.25. The van der Waals surface area contributed by atoms with Crippen LogP contribution in [0.3, 0.4) is 0 Å². The molecule has 0 saturated carbocycles. The van der Waals surface area contributed by atoms with E-state index >= 15 is 0 Å². The monoisotopic (exact) mass is 273 g/mol. The standard InChI is InChI=1S/C13H23NOSi.ClH/c1-16(2,13-8-7-11-15-13)12-14-9-5-3-4-6-10-14;/h7-8,11H,3-6,9-10,12H2,1-2H3;1H. The lowest BCUT2D eigenvalue weighted by atomic mass is 10.2. The Kier molecular flexibility index (Phi) is 5.76. The first-order valence-electron chi connectivity index (χ1n) is 6.56. The van der Waals surface area contributed by atoms with Gasteiger partial charge < -0.3 is 21.7 Å². The summed E-state index contributed by atoms with van der Waals surface area (Å²) >= 11 is 0. The van der Waals surface area contributed by atoms with Crippen molar-refractivity contribution in [3.05, 3.63) is 18.4 Å². The average molecular weight is 274 g/mol. The molecule has 4 heteroatoms. The van der Waals surface area contributed by atoms with E-state index in [1.54, 1.807) is 0 Å². The van der Waals surface area contributed by atoms with Gasteiger partial charge in [0, 0.05) is 0 Å². The van der Waals surface area contributed by atoms with Crippen molar-refractivity contribution in [2.45, 2.75) is 38.8 Å². The maximum Gasteiger partial charge on any atom is 0.188 e. The molecular formula is C13H24ClNOSi. The molecular weight excluding hydrogens is 250 g/mol. The van der Waals surface area contributed by atoms with Crippen molar-refractivity contribution in [2.75, 3.05) is 19.3 Å². The second-order valence-corrected chi connectivity index (χ2v) is 10.3. The highest BCUT2D eigenvalue weighted by molar-refractivity contribution is 6.88. The van der Waals surface area contributed by atoms with Crippen LogP contribution < -0.4 is 22.7 Å². The maximum atomic E-state index is 5.62. The van der Waals surface area contributed by atoms with Crippen molar-refractivity contribution < 1.29 is 21.7 Å². The van der Waals surface area contributed by atoms with Crippen molar-refractivity contribution >= 4 is 13.5 Å². The molecule has 0 radical (unpaired) electrons. The SMILES string of the molecule is C[Si](C)(C[NH+]1CCCCCC1)c1ccco1.[Cl-]. The van der Waals surface area contributed by atoms with Crippen LogP contribution in [0.5, 0.6) is 0 Å². The number of hydrogen-bond acceptors (Lipinski definition) is 1. The van der Waals surface area contributed by atoms with Crippen LogP contribution in [0.4, 0.5) is 0 Å². The van der Waals surface area contributed by atoms with Gasteiger partial charge >= 0.3 is 0 Å². The molecule has 2 heterocycles. The number of halogens is 1. The number of rotatable bonds is 3. The summed E-state index contributed by atoms with van der Waals surface area (Å²) in [5.74, 6) is 0. The lowest BCUT2D eigenvalue weighted by Crippen LogP contribution is -3.14. The molecule has 1 aromatic rings. The van der Waals surface area contributed by atoms with Crippen LogP contribution in [0.1, 0.15) is 25.7 Å². The molecule has 1 aromatic heterocycles. The van der Waals surface area contributed by atoms with Crippen molar-refractivity contribution in [2.24, 2.45) is 0 Å². The minimum Gasteiger partial charge on any atom is -1.00 e. The van der Waals surface area contributed by atoms with Gasteiger partial charge in [-0.25, -0.2) is 0 Å². The van der Waals surface area contributed by atoms with Crippen molar-refractivity contribution in [1.29, 1.82) is 0 Å². The van der Waals surface area contributed by atoms with E-state index in [4.69, 9.17) is 4.42 Å². The molecule has 1 fully saturated rings. The first kappa shape index (κ1) is 14.8. The molecule has 1 N–H and O–H groups in total. The number of nitrogens with one attached hydrogen (secondary N) is 1. The molecule has 0 aromatic carbocycles. The van der Waals surface area contributed by atoms with Gasteiger partial charge in [-0.05, 0) is 37.8 Å². The van der Waals surface area contributed by atoms with Gasteiger partial charge in [-0.1, -0.05) is 13.1 Å². The molecule has 1 saturated heterocycles. The summed E-state index contributed by atoms with van der Waals surface area (Å²) in [4.78, 5) is 1.81. The molecule has 0 aliphatic carbocycles. The summed E-state index contributed by atoms with van der Waals surface area (Å²) in [7, 11) is -1.34. The third kappa shape index (κ3) is 4.16. The Morgan fingerprint density at radius 2 is 1.82 bits per heavy atom. The molecule has 0 spiro atoms. The van der Waals surface area contributed by atoms with Crippen molar-refractivity contribution in [3.63, 3.8) is 0 Å². The van der Waals surface area contributed by atoms with Crippen LogP contribution in [0, 0.1) is 0 Å². The summed E-state index contributed by atoms with van der Waals surface area (Å²) in [5, 5.41) is 1.27. The quantitative estimate of drug-likeness (QED) is 0.644. The Labute approximate surface area is 112 Å². The summed E-state index contributed by atoms with van der Waals surface area (Å²) < 4.78 is 5.62. The molecule has 0 amide bonds. The smallest absolute Gasteiger partial charge is 0.188 e. The third-order valence-corrected chi connectivity index (χ3v) is 6.69. The van der Waals surface area contributed by atoms with E-state index in [0.717, 1.165) is 0 Å². The third-order valence-electron chi connectivity index (χ3n) is 3.69. The van der Waals surface area contributed by atoms with Crippen LogP contribution in [0.25, 0.3) is 0 Å². The molecule has 98 valence electrons. The number of likely N-dealkylation sites (tertiary alicyclic amines) is 1. The van der Waals surface area contributed by atoms with Crippen LogP contribution in [0.2, 0.25) is 13.1 Å². The Bertz CT molecular complexity index is 305. The second kappa shape index (κ2) is 6.62. The fourth-order valence-corrected chi connectivity index (χ4v) is 5.49. The average Bonchev–Trinajstić information content (AvgIpc) is 2.67. The highest BCUT2D eigenvalue weighted by atomic mass is 35.5. The largest absolute Gasteiger partial charge is 1.00 e. The highest BCUT2D eigenvalue weighted by Crippen LogP contribution is 2.03. The van der Waals surface area contributed by atoms with Gasteiger partial charge in [0.2, 0.25) is 0 Å². The minimum atomic E-state index is -1.34. The zero-order valence-electron chi connectivity index (χ0n) is 11.0. The summed E-state index contributed by atoms with van der Waals surface area (Å²) in [6.07, 6.45) is 8.86. The van der Waals surface area contributed by atoms with E-state index in [9.17, 15) is 0 Å². The van der Waals surface area contributed by atoms with Gasteiger partial charge in [0.05, 0.1) is 30.9 Å². The lowest BCUT2D eigenvalue weighted by molar-refractivity contribution is -0.889. The first-order valence-corrected chi connectivity index (χ1v) is 9.77. The molecule has 1 aliphatic heterocycles. The summed E-state index contributed by atoms with van der Waals surface area (Å²) in [6.45, 7) is 7.61. The van der Waals surface area contributed by atoms with Crippen LogP contribution in [-0.4, -0.2) is 27.3 Å². The van der Waals surface area contributed by atoms with Gasteiger partial charge in [0.15, 0.2) is 8.07 Å². The van der Waals surface area contributed by atoms with Crippen LogP contribution in [0.15, 0.2) is 22.8 Å². The number of furan rings is 1. The fourth-order valence-electron chi connectivity index (χ4n) is 2.78. The fraction of sp³-hybridized carbons (Fsp3) is 0.692. The van der Waals surface area contributed by atoms with E-state index in [1.807, 2.05) is 17.2 Å². The van der Waals surface area contributed by atoms with Gasteiger partial charge in [-0.2, -0.15) is 0 Å². The maximum absolute atomic E-state index is 5.62. The van der Waals surface area contributed by atoms with E-state index in [-0.39, 0.29) is 12.4 Å². The zero-order chi connectivity index (χ0) is 11.4. The van der Waals surface area contributed by atoms with E-state index in [0.29, 0.717) is 0 Å².